The summed E-state index contributed by atoms with van der Waals surface area (Å²) in [6.45, 7) is -0.0455. The van der Waals surface area contributed by atoms with Crippen LogP contribution in [0.2, 0.25) is 0 Å². The Kier molecular flexibility index (Phi) is 3.31. The maximum Gasteiger partial charge on any atom is 0.348 e. The molecule has 0 aliphatic carbocycles. The van der Waals surface area contributed by atoms with E-state index in [1.165, 1.54) is 23.5 Å². The molecule has 0 aliphatic heterocycles. The first-order chi connectivity index (χ1) is 11.2. The summed E-state index contributed by atoms with van der Waals surface area (Å²) in [5.41, 5.74) is 1.37. The summed E-state index contributed by atoms with van der Waals surface area (Å²) in [4.78, 5) is 16.8. The molecule has 6 heteroatoms. The molecule has 0 unspecified atom stereocenters. The SMILES string of the molecule is O=C(OCc1nc2ccccc2o1)c1cc2cc(F)ccc2s1. The average Bonchev–Trinajstić information content (AvgIpc) is 3.15. The number of ether oxygens (including phenoxy) is 1. The molecule has 23 heavy (non-hydrogen) atoms. The fourth-order valence-electron chi connectivity index (χ4n) is 2.29. The van der Waals surface area contributed by atoms with Crippen molar-refractivity contribution in [3.05, 3.63) is 65.1 Å². The van der Waals surface area contributed by atoms with Gasteiger partial charge in [-0.3, -0.25) is 0 Å². The van der Waals surface area contributed by atoms with E-state index in [2.05, 4.69) is 4.98 Å². The number of benzene rings is 2. The number of para-hydroxylation sites is 2. The van der Waals surface area contributed by atoms with E-state index in [4.69, 9.17) is 9.15 Å². The molecule has 0 bridgehead atoms. The lowest BCUT2D eigenvalue weighted by Gasteiger charge is -1.98. The van der Waals surface area contributed by atoms with E-state index < -0.39 is 5.97 Å². The number of halogens is 1. The van der Waals surface area contributed by atoms with E-state index in [0.717, 1.165) is 10.2 Å². The number of esters is 1. The van der Waals surface area contributed by atoms with E-state index in [-0.39, 0.29) is 12.4 Å². The van der Waals surface area contributed by atoms with E-state index in [1.807, 2.05) is 18.2 Å². The molecule has 0 spiro atoms. The van der Waals surface area contributed by atoms with E-state index >= 15 is 0 Å². The van der Waals surface area contributed by atoms with Gasteiger partial charge in [0, 0.05) is 4.70 Å². The molecule has 0 radical (unpaired) electrons. The lowest BCUT2D eigenvalue weighted by molar-refractivity contribution is 0.0446. The Morgan fingerprint density at radius 1 is 1.22 bits per heavy atom. The van der Waals surface area contributed by atoms with Crippen LogP contribution in [-0.4, -0.2) is 11.0 Å². The molecule has 2 heterocycles. The molecule has 2 aromatic heterocycles. The monoisotopic (exact) mass is 327 g/mol. The topological polar surface area (TPSA) is 52.3 Å². The second kappa shape index (κ2) is 5.48. The quantitative estimate of drug-likeness (QED) is 0.518. The summed E-state index contributed by atoms with van der Waals surface area (Å²) < 4.78 is 24.7. The third-order valence-corrected chi connectivity index (χ3v) is 4.44. The highest BCUT2D eigenvalue weighted by molar-refractivity contribution is 7.20. The normalized spacial score (nSPS) is 11.2. The van der Waals surface area contributed by atoms with Crippen LogP contribution < -0.4 is 0 Å². The second-order valence-corrected chi connectivity index (χ2v) is 6.03. The van der Waals surface area contributed by atoms with Crippen molar-refractivity contribution in [2.75, 3.05) is 0 Å². The van der Waals surface area contributed by atoms with Crippen molar-refractivity contribution in [2.45, 2.75) is 6.61 Å². The van der Waals surface area contributed by atoms with Gasteiger partial charge in [0.2, 0.25) is 5.89 Å². The lowest BCUT2D eigenvalue weighted by Crippen LogP contribution is -2.03. The van der Waals surface area contributed by atoms with Gasteiger partial charge in [-0.1, -0.05) is 12.1 Å². The van der Waals surface area contributed by atoms with Crippen molar-refractivity contribution in [1.29, 1.82) is 0 Å². The van der Waals surface area contributed by atoms with Gasteiger partial charge >= 0.3 is 5.97 Å². The first-order valence-electron chi connectivity index (χ1n) is 6.90. The third-order valence-electron chi connectivity index (χ3n) is 3.34. The lowest BCUT2D eigenvalue weighted by atomic mass is 10.2. The molecule has 4 aromatic rings. The Bertz CT molecular complexity index is 988. The maximum absolute atomic E-state index is 13.2. The van der Waals surface area contributed by atoms with Crippen LogP contribution in [0.25, 0.3) is 21.2 Å². The smallest absolute Gasteiger partial charge is 0.348 e. The number of carbonyl (C=O) groups is 1. The summed E-state index contributed by atoms with van der Waals surface area (Å²) in [6.07, 6.45) is 0. The second-order valence-electron chi connectivity index (χ2n) is 4.94. The molecule has 4 rings (SSSR count). The average molecular weight is 327 g/mol. The predicted octanol–water partition coefficient (Wildman–Crippen LogP) is 4.54. The molecule has 4 nitrogen and oxygen atoms in total. The number of nitrogens with zero attached hydrogens (tertiary/aromatic N) is 1. The molecule has 0 atom stereocenters. The summed E-state index contributed by atoms with van der Waals surface area (Å²) in [5, 5.41) is 0.684. The van der Waals surface area contributed by atoms with Gasteiger partial charge in [0.1, 0.15) is 16.2 Å². The minimum absolute atomic E-state index is 0.0455. The molecular formula is C17H10FNO3S. The first kappa shape index (κ1) is 13.9. The zero-order valence-corrected chi connectivity index (χ0v) is 12.6. The Labute approximate surface area is 134 Å². The number of fused-ring (bicyclic) bond motifs is 2. The highest BCUT2D eigenvalue weighted by atomic mass is 32.1. The standard InChI is InChI=1S/C17H10FNO3S/c18-11-5-6-14-10(7-11)8-15(23-14)17(20)21-9-16-19-12-3-1-2-4-13(12)22-16/h1-8H,9H2. The highest BCUT2D eigenvalue weighted by Crippen LogP contribution is 2.27. The zero-order valence-electron chi connectivity index (χ0n) is 11.8. The fraction of sp³-hybridized carbons (Fsp3) is 0.0588. The van der Waals surface area contributed by atoms with Crippen LogP contribution in [0.15, 0.2) is 52.9 Å². The summed E-state index contributed by atoms with van der Waals surface area (Å²) in [5.74, 6) is -0.470. The van der Waals surface area contributed by atoms with Crippen molar-refractivity contribution in [3.8, 4) is 0 Å². The zero-order chi connectivity index (χ0) is 15.8. The van der Waals surface area contributed by atoms with Crippen LogP contribution in [0.1, 0.15) is 15.6 Å². The van der Waals surface area contributed by atoms with Crippen molar-refractivity contribution >= 4 is 38.5 Å². The first-order valence-corrected chi connectivity index (χ1v) is 7.71. The largest absolute Gasteiger partial charge is 0.451 e. The van der Waals surface area contributed by atoms with E-state index in [0.29, 0.717) is 21.7 Å². The Morgan fingerprint density at radius 3 is 2.96 bits per heavy atom. The molecular weight excluding hydrogens is 317 g/mol. The molecule has 0 aliphatic rings. The maximum atomic E-state index is 13.2. The summed E-state index contributed by atoms with van der Waals surface area (Å²) in [6, 6.07) is 13.4. The van der Waals surface area contributed by atoms with Gasteiger partial charge < -0.3 is 9.15 Å². The van der Waals surface area contributed by atoms with Gasteiger partial charge in [-0.2, -0.15) is 0 Å². The van der Waals surface area contributed by atoms with Gasteiger partial charge in [0.05, 0.1) is 0 Å². The van der Waals surface area contributed by atoms with Crippen molar-refractivity contribution in [3.63, 3.8) is 0 Å². The molecule has 0 saturated carbocycles. The van der Waals surface area contributed by atoms with Crippen LogP contribution in [0.4, 0.5) is 4.39 Å². The summed E-state index contributed by atoms with van der Waals surface area (Å²) >= 11 is 1.26. The number of oxazole rings is 1. The number of carbonyl (C=O) groups excluding carboxylic acids is 1. The molecule has 0 N–H and O–H groups in total. The Morgan fingerprint density at radius 2 is 2.09 bits per heavy atom. The Hall–Kier alpha value is -2.73. The van der Waals surface area contributed by atoms with E-state index in [9.17, 15) is 9.18 Å². The number of hydrogen-bond acceptors (Lipinski definition) is 5. The predicted molar refractivity (Wildman–Crippen MR) is 84.9 cm³/mol. The van der Waals surface area contributed by atoms with Gasteiger partial charge in [-0.15, -0.1) is 11.3 Å². The van der Waals surface area contributed by atoms with Crippen molar-refractivity contribution in [2.24, 2.45) is 0 Å². The third kappa shape index (κ3) is 2.68. The molecule has 114 valence electrons. The Balaban J connectivity index is 1.52. The van der Waals surface area contributed by atoms with Crippen LogP contribution >= 0.6 is 11.3 Å². The van der Waals surface area contributed by atoms with Crippen LogP contribution in [0.3, 0.4) is 0 Å². The molecule has 0 amide bonds. The van der Waals surface area contributed by atoms with E-state index in [1.54, 1.807) is 18.2 Å². The van der Waals surface area contributed by atoms with Crippen LogP contribution in [0.5, 0.6) is 0 Å². The van der Waals surface area contributed by atoms with Gasteiger partial charge in [0.15, 0.2) is 12.2 Å². The van der Waals surface area contributed by atoms with Crippen LogP contribution in [0, 0.1) is 5.82 Å². The van der Waals surface area contributed by atoms with Crippen LogP contribution in [-0.2, 0) is 11.3 Å². The van der Waals surface area contributed by atoms with Gasteiger partial charge in [-0.25, -0.2) is 14.2 Å². The number of aromatic nitrogens is 1. The minimum Gasteiger partial charge on any atom is -0.451 e. The number of hydrogen-bond donors (Lipinski definition) is 0. The van der Waals surface area contributed by atoms with Gasteiger partial charge in [-0.05, 0) is 41.8 Å². The molecule has 0 saturated heterocycles. The molecule has 0 fully saturated rings. The minimum atomic E-state index is -0.478. The van der Waals surface area contributed by atoms with Crippen molar-refractivity contribution in [1.82, 2.24) is 4.98 Å². The fourth-order valence-corrected chi connectivity index (χ4v) is 3.23. The summed E-state index contributed by atoms with van der Waals surface area (Å²) in [7, 11) is 0. The number of rotatable bonds is 3. The molecule has 2 aromatic carbocycles. The van der Waals surface area contributed by atoms with Crippen molar-refractivity contribution < 1.29 is 18.3 Å². The number of thiophene rings is 1. The highest BCUT2D eigenvalue weighted by Gasteiger charge is 2.14. The van der Waals surface area contributed by atoms with Gasteiger partial charge in [0.25, 0.3) is 0 Å².